The van der Waals surface area contributed by atoms with Crippen LogP contribution in [0.5, 0.6) is 0 Å². The topological polar surface area (TPSA) is 49.6 Å². The lowest BCUT2D eigenvalue weighted by molar-refractivity contribution is -0.136. The van der Waals surface area contributed by atoms with Gasteiger partial charge in [-0.1, -0.05) is 6.07 Å². The molecule has 1 atom stereocenters. The number of amides is 1. The third-order valence-corrected chi connectivity index (χ3v) is 3.99. The highest BCUT2D eigenvalue weighted by Gasteiger charge is 2.41. The van der Waals surface area contributed by atoms with Crippen LogP contribution in [0.15, 0.2) is 18.2 Å². The van der Waals surface area contributed by atoms with Crippen LogP contribution in [0.25, 0.3) is 0 Å². The molecule has 2 N–H and O–H groups in total. The van der Waals surface area contributed by atoms with Gasteiger partial charge in [-0.3, -0.25) is 4.79 Å². The van der Waals surface area contributed by atoms with Gasteiger partial charge < -0.3 is 15.5 Å². The maximum atomic E-state index is 14.3. The first kappa shape index (κ1) is 14.8. The SMILES string of the molecule is C[C@H](N)c1ccc(N2CCN(C)C(=O)C2(C)C)c(F)c1. The monoisotopic (exact) mass is 279 g/mol. The molecule has 20 heavy (non-hydrogen) atoms. The van der Waals surface area contributed by atoms with Gasteiger partial charge in [-0.2, -0.15) is 0 Å². The molecule has 0 unspecified atom stereocenters. The van der Waals surface area contributed by atoms with Gasteiger partial charge in [0.1, 0.15) is 11.4 Å². The van der Waals surface area contributed by atoms with Crippen molar-refractivity contribution in [2.45, 2.75) is 32.4 Å². The predicted molar refractivity (Wildman–Crippen MR) is 78.1 cm³/mol. The van der Waals surface area contributed by atoms with E-state index >= 15 is 0 Å². The van der Waals surface area contributed by atoms with Crippen LogP contribution in [0, 0.1) is 5.82 Å². The van der Waals surface area contributed by atoms with Gasteiger partial charge in [0.05, 0.1) is 5.69 Å². The molecule has 1 amide bonds. The summed E-state index contributed by atoms with van der Waals surface area (Å²) in [6.07, 6.45) is 0. The van der Waals surface area contributed by atoms with Gasteiger partial charge in [0.15, 0.2) is 0 Å². The largest absolute Gasteiger partial charge is 0.353 e. The van der Waals surface area contributed by atoms with Gasteiger partial charge in [-0.25, -0.2) is 4.39 Å². The zero-order valence-corrected chi connectivity index (χ0v) is 12.5. The number of carbonyl (C=O) groups excluding carboxylic acids is 1. The van der Waals surface area contributed by atoms with Crippen LogP contribution in [0.2, 0.25) is 0 Å². The third-order valence-electron chi connectivity index (χ3n) is 3.99. The Morgan fingerprint density at radius 3 is 2.55 bits per heavy atom. The van der Waals surface area contributed by atoms with Gasteiger partial charge in [-0.05, 0) is 38.5 Å². The molecule has 110 valence electrons. The standard InChI is InChI=1S/C15H22FN3O/c1-10(17)11-5-6-13(12(16)9-11)19-8-7-18(4)14(20)15(19,2)3/h5-6,9-10H,7-8,17H2,1-4H3/t10-/m0/s1. The fourth-order valence-corrected chi connectivity index (χ4v) is 2.66. The van der Waals surface area contributed by atoms with E-state index in [1.165, 1.54) is 6.07 Å². The molecule has 1 fully saturated rings. The van der Waals surface area contributed by atoms with E-state index in [0.29, 0.717) is 18.8 Å². The summed E-state index contributed by atoms with van der Waals surface area (Å²) in [5, 5.41) is 0. The predicted octanol–water partition coefficient (Wildman–Crippen LogP) is 1.90. The Morgan fingerprint density at radius 2 is 2.00 bits per heavy atom. The number of anilines is 1. The van der Waals surface area contributed by atoms with Crippen molar-refractivity contribution < 1.29 is 9.18 Å². The molecule has 2 rings (SSSR count). The summed E-state index contributed by atoms with van der Waals surface area (Å²) in [5.41, 5.74) is 6.23. The van der Waals surface area contributed by atoms with E-state index in [0.717, 1.165) is 5.56 Å². The van der Waals surface area contributed by atoms with Crippen LogP contribution in [-0.4, -0.2) is 36.5 Å². The lowest BCUT2D eigenvalue weighted by Gasteiger charge is -2.46. The Kier molecular flexibility index (Phi) is 3.73. The van der Waals surface area contributed by atoms with E-state index < -0.39 is 5.54 Å². The molecular formula is C15H22FN3O. The zero-order valence-electron chi connectivity index (χ0n) is 12.5. The van der Waals surface area contributed by atoms with Gasteiger partial charge in [0.25, 0.3) is 0 Å². The van der Waals surface area contributed by atoms with Crippen molar-refractivity contribution in [3.63, 3.8) is 0 Å². The molecular weight excluding hydrogens is 257 g/mol. The molecule has 0 saturated carbocycles. The Balaban J connectivity index is 2.39. The fourth-order valence-electron chi connectivity index (χ4n) is 2.66. The summed E-state index contributed by atoms with van der Waals surface area (Å²) in [5.74, 6) is -0.329. The first-order chi connectivity index (χ1) is 9.25. The second kappa shape index (κ2) is 5.05. The molecule has 1 aliphatic rings. The number of carbonyl (C=O) groups is 1. The minimum Gasteiger partial charge on any atom is -0.353 e. The Bertz CT molecular complexity index is 528. The van der Waals surface area contributed by atoms with Crippen molar-refractivity contribution in [1.29, 1.82) is 0 Å². The van der Waals surface area contributed by atoms with Crippen molar-refractivity contribution in [1.82, 2.24) is 4.90 Å². The van der Waals surface area contributed by atoms with Crippen LogP contribution in [-0.2, 0) is 4.79 Å². The number of piperazine rings is 1. The number of hydrogen-bond acceptors (Lipinski definition) is 3. The summed E-state index contributed by atoms with van der Waals surface area (Å²) in [4.78, 5) is 15.8. The van der Waals surface area contributed by atoms with Crippen molar-refractivity contribution >= 4 is 11.6 Å². The van der Waals surface area contributed by atoms with E-state index in [9.17, 15) is 9.18 Å². The highest BCUT2D eigenvalue weighted by Crippen LogP contribution is 2.31. The highest BCUT2D eigenvalue weighted by molar-refractivity contribution is 5.90. The number of likely N-dealkylation sites (N-methyl/N-ethyl adjacent to an activating group) is 1. The maximum absolute atomic E-state index is 14.3. The molecule has 0 spiro atoms. The Hall–Kier alpha value is -1.62. The lowest BCUT2D eigenvalue weighted by atomic mass is 9.96. The second-order valence-electron chi connectivity index (χ2n) is 5.94. The number of hydrogen-bond donors (Lipinski definition) is 1. The fraction of sp³-hybridized carbons (Fsp3) is 0.533. The van der Waals surface area contributed by atoms with Crippen LogP contribution in [0.4, 0.5) is 10.1 Å². The van der Waals surface area contributed by atoms with E-state index in [4.69, 9.17) is 5.73 Å². The molecule has 0 aliphatic carbocycles. The summed E-state index contributed by atoms with van der Waals surface area (Å²) in [7, 11) is 1.77. The first-order valence-corrected chi connectivity index (χ1v) is 6.83. The van der Waals surface area contributed by atoms with E-state index in [-0.39, 0.29) is 17.8 Å². The number of nitrogens with two attached hydrogens (primary N) is 1. The minimum atomic E-state index is -0.746. The smallest absolute Gasteiger partial charge is 0.247 e. The molecule has 1 aromatic rings. The van der Waals surface area contributed by atoms with Crippen LogP contribution >= 0.6 is 0 Å². The zero-order chi connectivity index (χ0) is 15.1. The molecule has 0 bridgehead atoms. The van der Waals surface area contributed by atoms with Gasteiger partial charge in [0.2, 0.25) is 5.91 Å². The molecule has 1 heterocycles. The molecule has 5 heteroatoms. The van der Waals surface area contributed by atoms with Crippen molar-refractivity contribution in [3.05, 3.63) is 29.6 Å². The van der Waals surface area contributed by atoms with E-state index in [1.807, 2.05) is 31.7 Å². The van der Waals surface area contributed by atoms with E-state index in [2.05, 4.69) is 0 Å². The highest BCUT2D eigenvalue weighted by atomic mass is 19.1. The molecule has 1 saturated heterocycles. The van der Waals surface area contributed by atoms with Crippen LogP contribution in [0.3, 0.4) is 0 Å². The van der Waals surface area contributed by atoms with Crippen LogP contribution < -0.4 is 10.6 Å². The Labute approximate surface area is 119 Å². The molecule has 1 aliphatic heterocycles. The molecule has 0 radical (unpaired) electrons. The molecule has 4 nitrogen and oxygen atoms in total. The number of rotatable bonds is 2. The number of benzene rings is 1. The van der Waals surface area contributed by atoms with E-state index in [1.54, 1.807) is 18.0 Å². The van der Waals surface area contributed by atoms with Gasteiger partial charge in [0, 0.05) is 26.2 Å². The average Bonchev–Trinajstić information content (AvgIpc) is 2.37. The van der Waals surface area contributed by atoms with Crippen molar-refractivity contribution in [2.75, 3.05) is 25.0 Å². The van der Waals surface area contributed by atoms with Crippen molar-refractivity contribution in [3.8, 4) is 0 Å². The van der Waals surface area contributed by atoms with Gasteiger partial charge in [-0.15, -0.1) is 0 Å². The van der Waals surface area contributed by atoms with Crippen LogP contribution in [0.1, 0.15) is 32.4 Å². The van der Waals surface area contributed by atoms with Gasteiger partial charge >= 0.3 is 0 Å². The summed E-state index contributed by atoms with van der Waals surface area (Å²) < 4.78 is 14.3. The second-order valence-corrected chi connectivity index (χ2v) is 5.94. The molecule has 1 aromatic carbocycles. The normalized spacial score (nSPS) is 20.2. The van der Waals surface area contributed by atoms with Crippen molar-refractivity contribution in [2.24, 2.45) is 5.73 Å². The maximum Gasteiger partial charge on any atom is 0.247 e. The number of halogens is 1. The summed E-state index contributed by atoms with van der Waals surface area (Å²) >= 11 is 0. The number of nitrogens with zero attached hydrogens (tertiary/aromatic N) is 2. The quantitative estimate of drug-likeness (QED) is 0.899. The first-order valence-electron chi connectivity index (χ1n) is 6.83. The third kappa shape index (κ3) is 2.38. The Morgan fingerprint density at radius 1 is 1.35 bits per heavy atom. The summed E-state index contributed by atoms with van der Waals surface area (Å²) in [6.45, 7) is 6.67. The lowest BCUT2D eigenvalue weighted by Crippen LogP contribution is -2.62. The summed E-state index contributed by atoms with van der Waals surface area (Å²) in [6, 6.07) is 4.79. The molecule has 0 aromatic heterocycles. The minimum absolute atomic E-state index is 0.000538. The average molecular weight is 279 g/mol.